The lowest BCUT2D eigenvalue weighted by molar-refractivity contribution is -0.274. The van der Waals surface area contributed by atoms with E-state index in [9.17, 15) is 36.6 Å². The predicted octanol–water partition coefficient (Wildman–Crippen LogP) is 6.83. The Hall–Kier alpha value is -3.19. The fourth-order valence-corrected chi connectivity index (χ4v) is 11.9. The van der Waals surface area contributed by atoms with E-state index in [-0.39, 0.29) is 36.1 Å². The third-order valence-electron chi connectivity index (χ3n) is 13.7. The third-order valence-corrected chi connectivity index (χ3v) is 14.9. The number of hydrogen-bond acceptors (Lipinski definition) is 7. The van der Waals surface area contributed by atoms with Crippen LogP contribution < -0.4 is 9.47 Å². The number of allylic oxidation sites excluding steroid dienone is 4. The third kappa shape index (κ3) is 5.58. The van der Waals surface area contributed by atoms with Crippen LogP contribution in [0.15, 0.2) is 72.3 Å². The number of carbonyl (C=O) groups excluding carboxylic acids is 1. The monoisotopic (exact) mass is 729 g/mol. The second-order valence-corrected chi connectivity index (χ2v) is 18.1. The fourth-order valence-electron chi connectivity index (χ4n) is 11.1. The Balaban J connectivity index is 1.26. The van der Waals surface area contributed by atoms with E-state index in [0.29, 0.717) is 61.0 Å². The molecule has 12 heteroatoms. The number of aliphatic hydroxyl groups excluding tert-OH is 1. The molecule has 0 radical (unpaired) electrons. The zero-order valence-electron chi connectivity index (χ0n) is 29.4. The number of methoxy groups -OCH3 is 1. The molecule has 276 valence electrons. The highest BCUT2D eigenvalue weighted by molar-refractivity contribution is 7.88. The molecule has 0 aromatic heterocycles. The van der Waals surface area contributed by atoms with Gasteiger partial charge in [0.1, 0.15) is 11.5 Å². The lowest BCUT2D eigenvalue weighted by Crippen LogP contribution is -2.67. The average molecular weight is 730 g/mol. The number of hydrogen-bond donors (Lipinski definition) is 2. The van der Waals surface area contributed by atoms with E-state index in [4.69, 9.17) is 4.74 Å². The molecular formula is C39H46F3NO7S. The summed E-state index contributed by atoms with van der Waals surface area (Å²) in [5.74, 6) is -0.00221. The maximum Gasteiger partial charge on any atom is 0.573 e. The standard InChI is InChI=1S/C39H46F3NO7S/c1-34-16-13-27(44)21-36(34)19-20-38(30(22-36)33(45)26-7-11-28(49-3)12-8-26)31(34)14-17-35(2)32(38)15-18-37(35,46)24-43(51(4,47)48)23-25-5-9-29(10-6-25)50-39(40,41)42/h5-12,19-20,22,27,31-32,44,46H,13-18,21,23-24H2,1-4H3/t27?,31-,32-,34-,35+,36+,37-,38-/m1/s1. The first-order chi connectivity index (χ1) is 23.8. The van der Waals surface area contributed by atoms with Gasteiger partial charge in [-0.25, -0.2) is 8.42 Å². The highest BCUT2D eigenvalue weighted by Gasteiger charge is 2.74. The van der Waals surface area contributed by atoms with Crippen LogP contribution in [0.2, 0.25) is 0 Å². The summed E-state index contributed by atoms with van der Waals surface area (Å²) >= 11 is 0. The first-order valence-corrected chi connectivity index (χ1v) is 19.5. The Morgan fingerprint density at radius 2 is 1.53 bits per heavy atom. The molecule has 0 heterocycles. The van der Waals surface area contributed by atoms with E-state index in [2.05, 4.69) is 29.9 Å². The number of ketones is 1. The summed E-state index contributed by atoms with van der Waals surface area (Å²) in [7, 11) is -2.31. The minimum atomic E-state index is -4.85. The Kier molecular flexibility index (Phi) is 8.45. The van der Waals surface area contributed by atoms with Gasteiger partial charge in [-0.05, 0) is 104 Å². The van der Waals surface area contributed by atoms with Crippen LogP contribution in [0.5, 0.6) is 11.5 Å². The van der Waals surface area contributed by atoms with Crippen LogP contribution in [0.3, 0.4) is 0 Å². The topological polar surface area (TPSA) is 113 Å². The molecule has 1 unspecified atom stereocenters. The highest BCUT2D eigenvalue weighted by atomic mass is 32.2. The molecule has 2 aromatic rings. The molecule has 2 bridgehead atoms. The van der Waals surface area contributed by atoms with Gasteiger partial charge in [0, 0.05) is 40.5 Å². The smallest absolute Gasteiger partial charge is 0.497 e. The molecule has 0 saturated heterocycles. The van der Waals surface area contributed by atoms with Crippen molar-refractivity contribution in [3.05, 3.63) is 83.5 Å². The van der Waals surface area contributed by atoms with Gasteiger partial charge in [-0.1, -0.05) is 44.2 Å². The van der Waals surface area contributed by atoms with Gasteiger partial charge in [-0.3, -0.25) is 4.79 Å². The first-order valence-electron chi connectivity index (χ1n) is 17.6. The average Bonchev–Trinajstić information content (AvgIpc) is 3.34. The summed E-state index contributed by atoms with van der Waals surface area (Å²) in [6.45, 7) is 3.98. The van der Waals surface area contributed by atoms with Crippen molar-refractivity contribution in [1.29, 1.82) is 0 Å². The maximum atomic E-state index is 14.7. The van der Waals surface area contributed by atoms with Gasteiger partial charge in [-0.15, -0.1) is 13.2 Å². The number of benzene rings is 2. The van der Waals surface area contributed by atoms with Gasteiger partial charge in [0.25, 0.3) is 0 Å². The lowest BCUT2D eigenvalue weighted by atomic mass is 9.32. The maximum absolute atomic E-state index is 14.7. The van der Waals surface area contributed by atoms with Gasteiger partial charge in [0.2, 0.25) is 10.0 Å². The number of carbonyl (C=O) groups is 1. The van der Waals surface area contributed by atoms with E-state index in [1.165, 1.54) is 16.4 Å². The summed E-state index contributed by atoms with van der Waals surface area (Å²) in [4.78, 5) is 14.7. The van der Waals surface area contributed by atoms with Gasteiger partial charge in [-0.2, -0.15) is 4.31 Å². The minimum Gasteiger partial charge on any atom is -0.497 e. The molecule has 8 rings (SSSR count). The van der Waals surface area contributed by atoms with Crippen LogP contribution >= 0.6 is 0 Å². The Bertz CT molecular complexity index is 1880. The number of nitrogens with zero attached hydrogens (tertiary/aromatic N) is 1. The number of halogens is 3. The zero-order valence-corrected chi connectivity index (χ0v) is 30.2. The molecule has 3 saturated carbocycles. The summed E-state index contributed by atoms with van der Waals surface area (Å²) in [6, 6.07) is 12.1. The van der Waals surface area contributed by atoms with Crippen molar-refractivity contribution < 1.29 is 46.1 Å². The summed E-state index contributed by atoms with van der Waals surface area (Å²) in [6.07, 6.45) is 6.50. The van der Waals surface area contributed by atoms with Crippen molar-refractivity contribution in [3.63, 3.8) is 0 Å². The quantitative estimate of drug-likeness (QED) is 0.215. The molecule has 8 atom stereocenters. The van der Waals surface area contributed by atoms with Gasteiger partial charge < -0.3 is 19.7 Å². The van der Waals surface area contributed by atoms with Crippen LogP contribution in [-0.2, 0) is 16.6 Å². The molecule has 0 aliphatic heterocycles. The minimum absolute atomic E-state index is 0.0635. The van der Waals surface area contributed by atoms with Gasteiger partial charge in [0.15, 0.2) is 5.78 Å². The number of sulfonamides is 1. The van der Waals surface area contributed by atoms with E-state index in [1.54, 1.807) is 31.4 Å². The predicted molar refractivity (Wildman–Crippen MR) is 184 cm³/mol. The molecule has 2 N–H and O–H groups in total. The molecule has 2 aromatic carbocycles. The normalized spacial score (nSPS) is 37.0. The van der Waals surface area contributed by atoms with E-state index >= 15 is 0 Å². The summed E-state index contributed by atoms with van der Waals surface area (Å²) in [5, 5.41) is 23.7. The SMILES string of the molecule is COc1ccc(C(=O)C2=C[C@@]34C=C[C@@]25[C@@H]2CC[C@@](O)(CN(Cc6ccc(OC(F)(F)F)cc6)S(C)(=O)=O)[C@@]2(C)CC[C@@H]5[C@@]3(C)CCC(O)C4)cc1. The summed E-state index contributed by atoms with van der Waals surface area (Å²) < 4.78 is 75.2. The second-order valence-electron chi connectivity index (χ2n) is 16.1. The van der Waals surface area contributed by atoms with Crippen molar-refractivity contribution >= 4 is 15.8 Å². The van der Waals surface area contributed by atoms with Crippen LogP contribution in [0, 0.1) is 33.5 Å². The van der Waals surface area contributed by atoms with Crippen molar-refractivity contribution in [3.8, 4) is 11.5 Å². The van der Waals surface area contributed by atoms with Gasteiger partial charge >= 0.3 is 6.36 Å². The van der Waals surface area contributed by atoms with E-state index < -0.39 is 50.1 Å². The van der Waals surface area contributed by atoms with Crippen molar-refractivity contribution in [2.45, 2.75) is 83.4 Å². The van der Waals surface area contributed by atoms with Crippen molar-refractivity contribution in [2.24, 2.45) is 33.5 Å². The molecular weight excluding hydrogens is 683 g/mol. The van der Waals surface area contributed by atoms with Crippen LogP contribution in [0.1, 0.15) is 74.7 Å². The highest BCUT2D eigenvalue weighted by Crippen LogP contribution is 2.78. The number of Topliss-reactive ketones (excluding diaryl/α,β-unsaturated/α-hetero) is 1. The number of alkyl halides is 3. The van der Waals surface area contributed by atoms with Gasteiger partial charge in [0.05, 0.1) is 25.1 Å². The molecule has 51 heavy (non-hydrogen) atoms. The summed E-state index contributed by atoms with van der Waals surface area (Å²) in [5.41, 5.74) is -2.04. The Morgan fingerprint density at radius 1 is 0.922 bits per heavy atom. The number of aliphatic hydroxyl groups is 2. The number of fused-ring (bicyclic) bond motifs is 1. The lowest BCUT2D eigenvalue weighted by Gasteiger charge is -2.71. The largest absolute Gasteiger partial charge is 0.573 e. The second kappa shape index (κ2) is 11.9. The molecule has 6 aliphatic rings. The van der Waals surface area contributed by atoms with Crippen LogP contribution in [0.25, 0.3) is 0 Å². The fraction of sp³-hybridized carbons (Fsp3) is 0.564. The number of rotatable bonds is 9. The molecule has 0 amide bonds. The van der Waals surface area contributed by atoms with Crippen LogP contribution in [0.4, 0.5) is 13.2 Å². The molecule has 8 nitrogen and oxygen atoms in total. The van der Waals surface area contributed by atoms with Crippen LogP contribution in [-0.4, -0.2) is 66.7 Å². The van der Waals surface area contributed by atoms with E-state index in [1.807, 2.05) is 6.92 Å². The van der Waals surface area contributed by atoms with Crippen molar-refractivity contribution in [2.75, 3.05) is 19.9 Å². The molecule has 2 spiro atoms. The first kappa shape index (κ1) is 36.2. The molecule has 3 fully saturated rings. The Labute approximate surface area is 297 Å². The van der Waals surface area contributed by atoms with Crippen molar-refractivity contribution in [1.82, 2.24) is 4.31 Å². The molecule has 6 aliphatic carbocycles. The Morgan fingerprint density at radius 3 is 2.16 bits per heavy atom. The number of ether oxygens (including phenoxy) is 2. The van der Waals surface area contributed by atoms with E-state index in [0.717, 1.165) is 24.8 Å². The zero-order chi connectivity index (χ0) is 36.8.